The minimum atomic E-state index is -0.705. The Kier molecular flexibility index (Phi) is 11.5. The van der Waals surface area contributed by atoms with E-state index >= 15 is 0 Å². The largest absolute Gasteiger partial charge is 0.453 e. The first-order valence-corrected chi connectivity index (χ1v) is 18.3. The number of hydrogen-bond acceptors (Lipinski definition) is 9. The lowest BCUT2D eigenvalue weighted by Crippen LogP contribution is -2.51. The van der Waals surface area contributed by atoms with Gasteiger partial charge in [0.2, 0.25) is 11.8 Å². The average molecular weight is 738 g/mol. The lowest BCUT2D eigenvalue weighted by Gasteiger charge is -2.30. The van der Waals surface area contributed by atoms with Crippen LogP contribution in [-0.4, -0.2) is 98.1 Å². The zero-order valence-electron chi connectivity index (χ0n) is 31.4. The van der Waals surface area contributed by atoms with E-state index in [2.05, 4.69) is 42.4 Å². The number of amides is 4. The van der Waals surface area contributed by atoms with Crippen LogP contribution < -0.4 is 10.6 Å². The normalized spacial score (nSPS) is 18.0. The van der Waals surface area contributed by atoms with Crippen LogP contribution in [0.4, 0.5) is 9.59 Å². The first-order chi connectivity index (χ1) is 26.0. The standard InChI is InChI=1S/C39H47N9O6/c1-22(2)32(45-38(51)53-5)36(49)47-15-7-9-30(47)34-41-20-27(43-34)14-12-24-11-13-25-18-26(19-40-28(25)17-24)29-21-42-35(44-29)31-10-8-16-48(31)37(50)33(23(3)4)46-39(52)54-6/h11,13,17-23,30-33H,7-10,15-16H2,1-6H3,(H,41,43)(H,42,44)(H,45,51)(H,46,52). The number of hydrogen-bond donors (Lipinski definition) is 4. The summed E-state index contributed by atoms with van der Waals surface area (Å²) in [6, 6.07) is 5.97. The second kappa shape index (κ2) is 16.4. The smallest absolute Gasteiger partial charge is 0.407 e. The van der Waals surface area contributed by atoms with Crippen LogP contribution in [0.25, 0.3) is 22.2 Å². The van der Waals surface area contributed by atoms with Crippen LogP contribution in [0.3, 0.4) is 0 Å². The van der Waals surface area contributed by atoms with Gasteiger partial charge in [0.15, 0.2) is 0 Å². The third-order valence-electron chi connectivity index (χ3n) is 10.0. The zero-order chi connectivity index (χ0) is 38.5. The van der Waals surface area contributed by atoms with Gasteiger partial charge in [0, 0.05) is 35.8 Å². The molecule has 2 saturated heterocycles. The number of alkyl carbamates (subject to hydrolysis) is 2. The third-order valence-corrected chi connectivity index (χ3v) is 10.0. The van der Waals surface area contributed by atoms with Gasteiger partial charge in [-0.15, -0.1) is 0 Å². The molecule has 4 atom stereocenters. The zero-order valence-corrected chi connectivity index (χ0v) is 31.4. The van der Waals surface area contributed by atoms with E-state index in [1.54, 1.807) is 28.4 Å². The number of benzene rings is 1. The average Bonchev–Trinajstić information content (AvgIpc) is 4.00. The highest BCUT2D eigenvalue weighted by molar-refractivity contribution is 5.87. The van der Waals surface area contributed by atoms with Crippen molar-refractivity contribution in [3.05, 3.63) is 65.8 Å². The van der Waals surface area contributed by atoms with Crippen LogP contribution in [-0.2, 0) is 19.1 Å². The van der Waals surface area contributed by atoms with Gasteiger partial charge < -0.3 is 39.9 Å². The Morgan fingerprint density at radius 3 is 1.91 bits per heavy atom. The van der Waals surface area contributed by atoms with E-state index in [9.17, 15) is 19.2 Å². The van der Waals surface area contributed by atoms with Crippen molar-refractivity contribution in [1.29, 1.82) is 0 Å². The Morgan fingerprint density at radius 1 is 0.759 bits per heavy atom. The SMILES string of the molecule is COC(=O)NC(C(=O)N1CCCC1c1ncc(C#Cc2ccc3cc(-c4cnc(C5CCCN5C(=O)C(NC(=O)OC)C(C)C)[nH]4)cnc3c2)[nH]1)C(C)C. The fourth-order valence-electron chi connectivity index (χ4n) is 7.09. The molecule has 15 heteroatoms. The highest BCUT2D eigenvalue weighted by Gasteiger charge is 2.39. The molecule has 4 unspecified atom stereocenters. The number of methoxy groups -OCH3 is 2. The first kappa shape index (κ1) is 37.8. The molecule has 2 aliphatic heterocycles. The number of fused-ring (bicyclic) bond motifs is 1. The van der Waals surface area contributed by atoms with Crippen LogP contribution in [0.15, 0.2) is 42.9 Å². The predicted octanol–water partition coefficient (Wildman–Crippen LogP) is 4.84. The van der Waals surface area contributed by atoms with Gasteiger partial charge in [-0.05, 0) is 61.6 Å². The maximum Gasteiger partial charge on any atom is 0.407 e. The second-order valence-corrected chi connectivity index (χ2v) is 14.3. The molecule has 5 heterocycles. The predicted molar refractivity (Wildman–Crippen MR) is 200 cm³/mol. The molecule has 0 saturated carbocycles. The molecular formula is C39H47N9O6. The van der Waals surface area contributed by atoms with E-state index in [0.717, 1.165) is 53.4 Å². The number of carbonyl (C=O) groups is 4. The molecule has 0 radical (unpaired) electrons. The Labute approximate surface area is 314 Å². The summed E-state index contributed by atoms with van der Waals surface area (Å²) in [6.07, 6.45) is 7.10. The van der Waals surface area contributed by atoms with Gasteiger partial charge >= 0.3 is 12.2 Å². The lowest BCUT2D eigenvalue weighted by atomic mass is 10.0. The summed E-state index contributed by atoms with van der Waals surface area (Å²) < 4.78 is 9.48. The number of rotatable bonds is 9. The van der Waals surface area contributed by atoms with E-state index in [-0.39, 0.29) is 35.7 Å². The molecule has 284 valence electrons. The number of aromatic amines is 2. The molecule has 2 aliphatic rings. The van der Waals surface area contributed by atoms with Crippen LogP contribution in [0.5, 0.6) is 0 Å². The lowest BCUT2D eigenvalue weighted by molar-refractivity contribution is -0.136. The van der Waals surface area contributed by atoms with Crippen LogP contribution in [0.1, 0.15) is 88.4 Å². The summed E-state index contributed by atoms with van der Waals surface area (Å²) in [5.74, 6) is 7.12. The summed E-state index contributed by atoms with van der Waals surface area (Å²) in [5, 5.41) is 6.28. The number of imidazole rings is 2. The molecule has 0 spiro atoms. The molecule has 2 fully saturated rings. The Balaban J connectivity index is 1.13. The Morgan fingerprint density at radius 2 is 1.33 bits per heavy atom. The van der Waals surface area contributed by atoms with Crippen molar-refractivity contribution in [3.8, 4) is 23.1 Å². The van der Waals surface area contributed by atoms with Gasteiger partial charge in [-0.2, -0.15) is 0 Å². The summed E-state index contributed by atoms with van der Waals surface area (Å²) in [5.41, 5.74) is 3.82. The van der Waals surface area contributed by atoms with Crippen LogP contribution in [0, 0.1) is 23.7 Å². The summed E-state index contributed by atoms with van der Waals surface area (Å²) in [7, 11) is 2.56. The monoisotopic (exact) mass is 737 g/mol. The number of carbonyl (C=O) groups excluding carboxylic acids is 4. The molecular weight excluding hydrogens is 690 g/mol. The van der Waals surface area contributed by atoms with E-state index in [1.807, 2.05) is 52.0 Å². The highest BCUT2D eigenvalue weighted by Crippen LogP contribution is 2.34. The third kappa shape index (κ3) is 8.17. The highest BCUT2D eigenvalue weighted by atomic mass is 16.5. The molecule has 6 rings (SSSR count). The first-order valence-electron chi connectivity index (χ1n) is 18.3. The molecule has 15 nitrogen and oxygen atoms in total. The van der Waals surface area contributed by atoms with Crippen molar-refractivity contribution in [1.82, 2.24) is 45.4 Å². The van der Waals surface area contributed by atoms with Crippen LogP contribution >= 0.6 is 0 Å². The number of likely N-dealkylation sites (tertiary alicyclic amines) is 2. The summed E-state index contributed by atoms with van der Waals surface area (Å²) in [6.45, 7) is 8.69. The van der Waals surface area contributed by atoms with Crippen molar-refractivity contribution in [2.45, 2.75) is 77.5 Å². The molecule has 4 aromatic rings. The quantitative estimate of drug-likeness (QED) is 0.175. The molecule has 4 amide bonds. The van der Waals surface area contributed by atoms with E-state index < -0.39 is 24.3 Å². The van der Waals surface area contributed by atoms with Gasteiger partial charge in [-0.25, -0.2) is 19.6 Å². The molecule has 54 heavy (non-hydrogen) atoms. The van der Waals surface area contributed by atoms with Gasteiger partial charge in [-0.3, -0.25) is 14.6 Å². The van der Waals surface area contributed by atoms with Crippen molar-refractivity contribution in [2.24, 2.45) is 11.8 Å². The molecule has 0 aliphatic carbocycles. The molecule has 4 N–H and O–H groups in total. The second-order valence-electron chi connectivity index (χ2n) is 14.3. The van der Waals surface area contributed by atoms with E-state index in [4.69, 9.17) is 14.5 Å². The minimum absolute atomic E-state index is 0.118. The van der Waals surface area contributed by atoms with Crippen molar-refractivity contribution >= 4 is 34.9 Å². The summed E-state index contributed by atoms with van der Waals surface area (Å²) >= 11 is 0. The minimum Gasteiger partial charge on any atom is -0.453 e. The number of pyridine rings is 1. The van der Waals surface area contributed by atoms with E-state index in [0.29, 0.717) is 30.4 Å². The maximum absolute atomic E-state index is 13.5. The fourth-order valence-corrected chi connectivity index (χ4v) is 7.09. The van der Waals surface area contributed by atoms with Crippen molar-refractivity contribution < 1.29 is 28.7 Å². The number of H-pyrrole nitrogens is 2. The number of nitrogens with one attached hydrogen (secondary N) is 4. The number of ether oxygens (including phenoxy) is 2. The van der Waals surface area contributed by atoms with Gasteiger partial charge in [0.1, 0.15) is 29.4 Å². The van der Waals surface area contributed by atoms with E-state index in [1.165, 1.54) is 14.2 Å². The molecule has 3 aromatic heterocycles. The van der Waals surface area contributed by atoms with Gasteiger partial charge in [0.25, 0.3) is 0 Å². The fraction of sp³-hybridized carbons (Fsp3) is 0.462. The molecule has 0 bridgehead atoms. The summed E-state index contributed by atoms with van der Waals surface area (Å²) in [4.78, 5) is 75.0. The van der Waals surface area contributed by atoms with Gasteiger partial charge in [0.05, 0.1) is 49.9 Å². The topological polar surface area (TPSA) is 188 Å². The van der Waals surface area contributed by atoms with Gasteiger partial charge in [-0.1, -0.05) is 39.7 Å². The number of nitrogens with zero attached hydrogens (tertiary/aromatic N) is 5. The number of aromatic nitrogens is 5. The molecule has 1 aromatic carbocycles. The van der Waals surface area contributed by atoms with Crippen molar-refractivity contribution in [3.63, 3.8) is 0 Å². The Hall–Kier alpha value is -5.91. The van der Waals surface area contributed by atoms with Crippen molar-refractivity contribution in [2.75, 3.05) is 27.3 Å². The van der Waals surface area contributed by atoms with Crippen LogP contribution in [0.2, 0.25) is 0 Å². The maximum atomic E-state index is 13.5. The Bertz CT molecular complexity index is 2080.